The molecule has 34 heavy (non-hydrogen) atoms. The molecule has 0 aliphatic carbocycles. The van der Waals surface area contributed by atoms with E-state index in [1.54, 1.807) is 42.5 Å². The van der Waals surface area contributed by atoms with Crippen molar-refractivity contribution >= 4 is 22.5 Å². The van der Waals surface area contributed by atoms with E-state index in [2.05, 4.69) is 19.8 Å². The summed E-state index contributed by atoms with van der Waals surface area (Å²) in [6.07, 6.45) is 0. The number of nitrogens with one attached hydrogen (secondary N) is 1. The van der Waals surface area contributed by atoms with E-state index in [-0.39, 0.29) is 23.2 Å². The van der Waals surface area contributed by atoms with Gasteiger partial charge in [-0.1, -0.05) is 35.9 Å². The summed E-state index contributed by atoms with van der Waals surface area (Å²) in [4.78, 5) is 24.5. The molecule has 1 aromatic heterocycles. The Kier molecular flexibility index (Phi) is 6.41. The van der Waals surface area contributed by atoms with Crippen LogP contribution in [0.5, 0.6) is 0 Å². The molecule has 0 unspecified atom stereocenters. The molecule has 0 bridgehead atoms. The highest BCUT2D eigenvalue weighted by atomic mass is 35.5. The van der Waals surface area contributed by atoms with Gasteiger partial charge in [0.15, 0.2) is 0 Å². The average Bonchev–Trinajstić information content (AvgIpc) is 2.83. The van der Waals surface area contributed by atoms with E-state index in [0.29, 0.717) is 28.3 Å². The van der Waals surface area contributed by atoms with E-state index in [4.69, 9.17) is 11.6 Å². The monoisotopic (exact) mass is 480 g/mol. The molecule has 5 nitrogen and oxygen atoms in total. The van der Waals surface area contributed by atoms with Crippen LogP contribution in [-0.2, 0) is 6.54 Å². The predicted molar refractivity (Wildman–Crippen MR) is 129 cm³/mol. The number of aromatic nitrogens is 2. The van der Waals surface area contributed by atoms with Crippen LogP contribution in [0.1, 0.15) is 23.0 Å². The first kappa shape index (κ1) is 22.7. The molecule has 0 spiro atoms. The topological polar surface area (TPSA) is 52.2 Å². The Morgan fingerprint density at radius 2 is 1.47 bits per heavy atom. The Balaban J connectivity index is 1.33. The molecule has 2 heterocycles. The number of benzene rings is 3. The maximum absolute atomic E-state index is 13.5. The SMILES string of the molecule is O=c1[nH]c(CN2CCN(C(c3ccc(F)cc3)c3ccc(F)cc3)CC2)nc2ccc(Cl)cc12. The van der Waals surface area contributed by atoms with Gasteiger partial charge in [0.2, 0.25) is 0 Å². The molecule has 1 aliphatic heterocycles. The lowest BCUT2D eigenvalue weighted by molar-refractivity contribution is 0.103. The summed E-state index contributed by atoms with van der Waals surface area (Å²) in [6, 6.07) is 18.0. The van der Waals surface area contributed by atoms with Gasteiger partial charge in [0.1, 0.15) is 17.5 Å². The number of hydrogen-bond acceptors (Lipinski definition) is 4. The van der Waals surface area contributed by atoms with Gasteiger partial charge in [-0.15, -0.1) is 0 Å². The van der Waals surface area contributed by atoms with Crippen molar-refractivity contribution in [2.24, 2.45) is 0 Å². The maximum atomic E-state index is 13.5. The second-order valence-corrected chi connectivity index (χ2v) is 8.93. The number of rotatable bonds is 5. The predicted octanol–water partition coefficient (Wildman–Crippen LogP) is 4.76. The second-order valence-electron chi connectivity index (χ2n) is 8.49. The van der Waals surface area contributed by atoms with E-state index in [1.807, 2.05) is 0 Å². The van der Waals surface area contributed by atoms with Gasteiger partial charge in [-0.2, -0.15) is 0 Å². The maximum Gasteiger partial charge on any atom is 0.258 e. The Labute approximate surface area is 200 Å². The highest BCUT2D eigenvalue weighted by molar-refractivity contribution is 6.31. The summed E-state index contributed by atoms with van der Waals surface area (Å²) in [6.45, 7) is 3.57. The van der Waals surface area contributed by atoms with E-state index >= 15 is 0 Å². The number of halogens is 3. The Morgan fingerprint density at radius 3 is 2.06 bits per heavy atom. The number of fused-ring (bicyclic) bond motifs is 1. The first-order valence-corrected chi connectivity index (χ1v) is 11.5. The molecule has 0 atom stereocenters. The van der Waals surface area contributed by atoms with Crippen LogP contribution >= 0.6 is 11.6 Å². The van der Waals surface area contributed by atoms with Gasteiger partial charge in [0.05, 0.1) is 23.5 Å². The van der Waals surface area contributed by atoms with Crippen LogP contribution < -0.4 is 5.56 Å². The quantitative estimate of drug-likeness (QED) is 0.447. The van der Waals surface area contributed by atoms with Crippen LogP contribution in [0.15, 0.2) is 71.5 Å². The van der Waals surface area contributed by atoms with Crippen molar-refractivity contribution in [2.45, 2.75) is 12.6 Å². The van der Waals surface area contributed by atoms with Crippen LogP contribution in [0.3, 0.4) is 0 Å². The van der Waals surface area contributed by atoms with Gasteiger partial charge in [0, 0.05) is 31.2 Å². The van der Waals surface area contributed by atoms with Crippen LogP contribution in [-0.4, -0.2) is 45.9 Å². The number of nitrogens with zero attached hydrogens (tertiary/aromatic N) is 3. The third-order valence-corrected chi connectivity index (χ3v) is 6.47. The van der Waals surface area contributed by atoms with Crippen LogP contribution in [0.2, 0.25) is 5.02 Å². The molecule has 0 amide bonds. The molecule has 3 aromatic carbocycles. The fourth-order valence-corrected chi connectivity index (χ4v) is 4.70. The zero-order valence-electron chi connectivity index (χ0n) is 18.3. The molecule has 1 fully saturated rings. The van der Waals surface area contributed by atoms with Crippen LogP contribution in [0.25, 0.3) is 10.9 Å². The van der Waals surface area contributed by atoms with Crippen molar-refractivity contribution < 1.29 is 8.78 Å². The first-order valence-electron chi connectivity index (χ1n) is 11.1. The number of aromatic amines is 1. The van der Waals surface area contributed by atoms with Crippen LogP contribution in [0.4, 0.5) is 8.78 Å². The molecule has 0 saturated carbocycles. The van der Waals surface area contributed by atoms with Crippen molar-refractivity contribution in [3.63, 3.8) is 0 Å². The van der Waals surface area contributed by atoms with Crippen molar-refractivity contribution in [2.75, 3.05) is 26.2 Å². The molecule has 4 aromatic rings. The minimum atomic E-state index is -0.287. The number of hydrogen-bond donors (Lipinski definition) is 1. The molecule has 5 rings (SSSR count). The van der Waals surface area contributed by atoms with Gasteiger partial charge >= 0.3 is 0 Å². The molecule has 1 aliphatic rings. The van der Waals surface area contributed by atoms with Crippen molar-refractivity contribution in [1.29, 1.82) is 0 Å². The van der Waals surface area contributed by atoms with Gasteiger partial charge in [0.25, 0.3) is 5.56 Å². The van der Waals surface area contributed by atoms with Crippen molar-refractivity contribution in [1.82, 2.24) is 19.8 Å². The lowest BCUT2D eigenvalue weighted by atomic mass is 9.96. The summed E-state index contributed by atoms with van der Waals surface area (Å²) in [7, 11) is 0. The first-order chi connectivity index (χ1) is 16.5. The third kappa shape index (κ3) is 4.87. The summed E-state index contributed by atoms with van der Waals surface area (Å²) in [5.74, 6) is 0.0399. The summed E-state index contributed by atoms with van der Waals surface area (Å²) >= 11 is 6.00. The number of H-pyrrole nitrogens is 1. The van der Waals surface area contributed by atoms with Gasteiger partial charge < -0.3 is 4.98 Å². The smallest absolute Gasteiger partial charge is 0.258 e. The van der Waals surface area contributed by atoms with E-state index in [9.17, 15) is 13.6 Å². The molecule has 174 valence electrons. The fraction of sp³-hybridized carbons (Fsp3) is 0.231. The molecular weight excluding hydrogens is 458 g/mol. The normalized spacial score (nSPS) is 15.3. The standard InChI is InChI=1S/C26H23ClF2N4O/c27-19-5-10-23-22(15-19)26(34)31-24(30-23)16-32-11-13-33(14-12-32)25(17-1-6-20(28)7-2-17)18-3-8-21(29)9-4-18/h1-10,15,25H,11-14,16H2,(H,30,31,34). The highest BCUT2D eigenvalue weighted by Gasteiger charge is 2.27. The lowest BCUT2D eigenvalue weighted by Gasteiger charge is -2.39. The van der Waals surface area contributed by atoms with Crippen molar-refractivity contribution in [3.8, 4) is 0 Å². The minimum Gasteiger partial charge on any atom is -0.309 e. The highest BCUT2D eigenvalue weighted by Crippen LogP contribution is 2.30. The Hall–Kier alpha value is -3.13. The summed E-state index contributed by atoms with van der Waals surface area (Å²) < 4.78 is 27.1. The van der Waals surface area contributed by atoms with E-state index < -0.39 is 0 Å². The van der Waals surface area contributed by atoms with Gasteiger partial charge in [-0.3, -0.25) is 14.6 Å². The lowest BCUT2D eigenvalue weighted by Crippen LogP contribution is -2.47. The summed E-state index contributed by atoms with van der Waals surface area (Å²) in [5.41, 5.74) is 2.34. The fourth-order valence-electron chi connectivity index (χ4n) is 4.53. The zero-order chi connectivity index (χ0) is 23.7. The Bertz CT molecular complexity index is 1300. The van der Waals surface area contributed by atoms with Crippen LogP contribution in [0, 0.1) is 11.6 Å². The Morgan fingerprint density at radius 1 is 0.882 bits per heavy atom. The third-order valence-electron chi connectivity index (χ3n) is 6.23. The van der Waals surface area contributed by atoms with E-state index in [0.717, 1.165) is 37.3 Å². The number of piperazine rings is 1. The molecule has 1 saturated heterocycles. The molecule has 0 radical (unpaired) electrons. The largest absolute Gasteiger partial charge is 0.309 e. The second kappa shape index (κ2) is 9.62. The zero-order valence-corrected chi connectivity index (χ0v) is 19.1. The van der Waals surface area contributed by atoms with Gasteiger partial charge in [-0.25, -0.2) is 13.8 Å². The molecule has 8 heteroatoms. The summed E-state index contributed by atoms with van der Waals surface area (Å²) in [5, 5.41) is 0.975. The molecule has 1 N–H and O–H groups in total. The van der Waals surface area contributed by atoms with Crippen molar-refractivity contribution in [3.05, 3.63) is 111 Å². The molecular formula is C26H23ClF2N4O. The van der Waals surface area contributed by atoms with E-state index in [1.165, 1.54) is 24.3 Å². The van der Waals surface area contributed by atoms with Gasteiger partial charge in [-0.05, 0) is 53.6 Å². The average molecular weight is 481 g/mol. The minimum absolute atomic E-state index is 0.105.